The van der Waals surface area contributed by atoms with E-state index in [4.69, 9.17) is 5.73 Å². The first-order valence-corrected chi connectivity index (χ1v) is 6.50. The molecule has 0 saturated heterocycles. The van der Waals surface area contributed by atoms with Gasteiger partial charge in [-0.2, -0.15) is 5.10 Å². The van der Waals surface area contributed by atoms with Gasteiger partial charge in [-0.05, 0) is 19.3 Å². The zero-order chi connectivity index (χ0) is 11.4. The maximum absolute atomic E-state index is 6.02. The van der Waals surface area contributed by atoms with Crippen LogP contribution < -0.4 is 5.73 Å². The predicted molar refractivity (Wildman–Crippen MR) is 67.2 cm³/mol. The van der Waals surface area contributed by atoms with Crippen LogP contribution in [0.5, 0.6) is 0 Å². The molecule has 3 nitrogen and oxygen atoms in total. The van der Waals surface area contributed by atoms with Crippen LogP contribution >= 0.6 is 11.8 Å². The summed E-state index contributed by atoms with van der Waals surface area (Å²) in [6.07, 6.45) is 1.09. The Hall–Kier alpha value is -0.640. The predicted octanol–water partition coefficient (Wildman–Crippen LogP) is 2.93. The van der Waals surface area contributed by atoms with Crippen molar-refractivity contribution in [2.75, 3.05) is 11.5 Å². The fourth-order valence-corrected chi connectivity index (χ4v) is 2.41. The Morgan fingerprint density at radius 2 is 2.13 bits per heavy atom. The number of nitrogen functional groups attached to an aromatic ring is 1. The van der Waals surface area contributed by atoms with Gasteiger partial charge in [-0.3, -0.25) is 4.68 Å². The zero-order valence-electron chi connectivity index (χ0n) is 10.1. The van der Waals surface area contributed by atoms with E-state index in [-0.39, 0.29) is 0 Å². The average molecular weight is 227 g/mol. The van der Waals surface area contributed by atoms with Crippen LogP contribution in [0.1, 0.15) is 32.9 Å². The average Bonchev–Trinajstić information content (AvgIpc) is 2.41. The normalized spacial score (nSPS) is 11.3. The van der Waals surface area contributed by atoms with Gasteiger partial charge in [0.15, 0.2) is 0 Å². The first-order valence-electron chi connectivity index (χ1n) is 5.51. The smallest absolute Gasteiger partial charge is 0.117 e. The van der Waals surface area contributed by atoms with Crippen molar-refractivity contribution < 1.29 is 0 Å². The summed E-state index contributed by atoms with van der Waals surface area (Å²) in [4.78, 5) is 0. The topological polar surface area (TPSA) is 43.8 Å². The van der Waals surface area contributed by atoms with E-state index in [1.807, 2.05) is 23.4 Å². The minimum Gasteiger partial charge on any atom is -0.395 e. The summed E-state index contributed by atoms with van der Waals surface area (Å²) in [5.74, 6) is 1.78. The Kier molecular flexibility index (Phi) is 4.51. The van der Waals surface area contributed by atoms with Gasteiger partial charge in [0.25, 0.3) is 0 Å². The number of aryl methyl sites for hydroxylation is 2. The highest BCUT2D eigenvalue weighted by Gasteiger charge is 2.12. The quantitative estimate of drug-likeness (QED) is 0.787. The molecule has 4 heteroatoms. The van der Waals surface area contributed by atoms with Crippen LogP contribution in [0.2, 0.25) is 0 Å². The third-order valence-electron chi connectivity index (χ3n) is 2.11. The highest BCUT2D eigenvalue weighted by Crippen LogP contribution is 2.29. The van der Waals surface area contributed by atoms with Gasteiger partial charge in [0, 0.05) is 12.3 Å². The summed E-state index contributed by atoms with van der Waals surface area (Å²) in [6.45, 7) is 9.52. The summed E-state index contributed by atoms with van der Waals surface area (Å²) in [6, 6.07) is 0. The van der Waals surface area contributed by atoms with Gasteiger partial charge < -0.3 is 5.73 Å². The summed E-state index contributed by atoms with van der Waals surface area (Å²) < 4.78 is 2.04. The van der Waals surface area contributed by atoms with Crippen molar-refractivity contribution in [2.24, 2.45) is 5.92 Å². The molecular weight excluding hydrogens is 206 g/mol. The third-order valence-corrected chi connectivity index (χ3v) is 3.65. The van der Waals surface area contributed by atoms with E-state index in [9.17, 15) is 0 Å². The van der Waals surface area contributed by atoms with Gasteiger partial charge in [0.2, 0.25) is 0 Å². The molecule has 2 N–H and O–H groups in total. The van der Waals surface area contributed by atoms with Crippen LogP contribution in [0, 0.1) is 12.8 Å². The van der Waals surface area contributed by atoms with E-state index in [0.717, 1.165) is 35.1 Å². The van der Waals surface area contributed by atoms with E-state index in [0.29, 0.717) is 5.92 Å². The molecule has 1 rings (SSSR count). The van der Waals surface area contributed by atoms with Crippen LogP contribution in [0.25, 0.3) is 0 Å². The molecule has 0 fully saturated rings. The standard InChI is InChI=1S/C11H21N3S/c1-5-6-14-11(15-7-8(2)3)10(12)9(4)13-14/h8H,5-7,12H2,1-4H3. The molecule has 0 aliphatic heterocycles. The van der Waals surface area contributed by atoms with Crippen molar-refractivity contribution >= 4 is 17.4 Å². The van der Waals surface area contributed by atoms with Crippen molar-refractivity contribution in [2.45, 2.75) is 45.7 Å². The lowest BCUT2D eigenvalue weighted by atomic mass is 10.3. The van der Waals surface area contributed by atoms with Crippen molar-refractivity contribution in [1.29, 1.82) is 0 Å². The molecule has 0 spiro atoms. The summed E-state index contributed by atoms with van der Waals surface area (Å²) in [5, 5.41) is 5.59. The van der Waals surface area contributed by atoms with Crippen molar-refractivity contribution in [1.82, 2.24) is 9.78 Å². The molecule has 0 amide bonds. The number of nitrogens with zero attached hydrogens (tertiary/aromatic N) is 2. The van der Waals surface area contributed by atoms with E-state index in [2.05, 4.69) is 25.9 Å². The van der Waals surface area contributed by atoms with E-state index < -0.39 is 0 Å². The lowest BCUT2D eigenvalue weighted by Crippen LogP contribution is -2.03. The van der Waals surface area contributed by atoms with Gasteiger partial charge in [0.05, 0.1) is 11.4 Å². The maximum Gasteiger partial charge on any atom is 0.117 e. The van der Waals surface area contributed by atoms with Crippen molar-refractivity contribution in [3.63, 3.8) is 0 Å². The Morgan fingerprint density at radius 1 is 1.47 bits per heavy atom. The van der Waals surface area contributed by atoms with Gasteiger partial charge >= 0.3 is 0 Å². The number of rotatable bonds is 5. The lowest BCUT2D eigenvalue weighted by molar-refractivity contribution is 0.555. The van der Waals surface area contributed by atoms with E-state index in [1.54, 1.807) is 0 Å². The largest absolute Gasteiger partial charge is 0.395 e. The molecular formula is C11H21N3S. The van der Waals surface area contributed by atoms with Gasteiger partial charge in [-0.25, -0.2) is 0 Å². The summed E-state index contributed by atoms with van der Waals surface area (Å²) in [7, 11) is 0. The second kappa shape index (κ2) is 5.45. The summed E-state index contributed by atoms with van der Waals surface area (Å²) >= 11 is 1.82. The number of hydrogen-bond acceptors (Lipinski definition) is 3. The molecule has 0 saturated carbocycles. The minimum atomic E-state index is 0.680. The molecule has 0 aliphatic carbocycles. The zero-order valence-corrected chi connectivity index (χ0v) is 10.9. The highest BCUT2D eigenvalue weighted by molar-refractivity contribution is 7.99. The first-order chi connectivity index (χ1) is 7.06. The van der Waals surface area contributed by atoms with Crippen LogP contribution in [0.15, 0.2) is 5.03 Å². The van der Waals surface area contributed by atoms with Crippen LogP contribution in [0.4, 0.5) is 5.69 Å². The second-order valence-electron chi connectivity index (χ2n) is 4.23. The van der Waals surface area contributed by atoms with Gasteiger partial charge in [-0.1, -0.05) is 20.8 Å². The number of hydrogen-bond donors (Lipinski definition) is 1. The Labute approximate surface area is 96.4 Å². The molecule has 0 bridgehead atoms. The minimum absolute atomic E-state index is 0.680. The van der Waals surface area contributed by atoms with E-state index >= 15 is 0 Å². The van der Waals surface area contributed by atoms with Crippen molar-refractivity contribution in [3.05, 3.63) is 5.69 Å². The number of aromatic nitrogens is 2. The number of nitrogens with two attached hydrogens (primary N) is 1. The number of thioether (sulfide) groups is 1. The van der Waals surface area contributed by atoms with Crippen molar-refractivity contribution in [3.8, 4) is 0 Å². The lowest BCUT2D eigenvalue weighted by Gasteiger charge is -2.08. The second-order valence-corrected chi connectivity index (χ2v) is 5.24. The monoisotopic (exact) mass is 227 g/mol. The molecule has 86 valence electrons. The fraction of sp³-hybridized carbons (Fsp3) is 0.727. The molecule has 0 aliphatic rings. The van der Waals surface area contributed by atoms with Gasteiger partial charge in [0.1, 0.15) is 5.03 Å². The summed E-state index contributed by atoms with van der Waals surface area (Å²) in [5.41, 5.74) is 7.82. The maximum atomic E-state index is 6.02. The highest BCUT2D eigenvalue weighted by atomic mass is 32.2. The molecule has 1 heterocycles. The third kappa shape index (κ3) is 3.16. The Morgan fingerprint density at radius 3 is 2.67 bits per heavy atom. The molecule has 0 atom stereocenters. The molecule has 1 aromatic rings. The molecule has 0 unspecified atom stereocenters. The fourth-order valence-electron chi connectivity index (χ4n) is 1.34. The Bertz CT molecular complexity index is 318. The van der Waals surface area contributed by atoms with E-state index in [1.165, 1.54) is 0 Å². The molecule has 1 aromatic heterocycles. The molecule has 0 aromatic carbocycles. The van der Waals surface area contributed by atoms with Gasteiger partial charge in [-0.15, -0.1) is 11.8 Å². The van der Waals surface area contributed by atoms with Crippen LogP contribution in [-0.2, 0) is 6.54 Å². The van der Waals surface area contributed by atoms with Crippen LogP contribution in [-0.4, -0.2) is 15.5 Å². The SMILES string of the molecule is CCCn1nc(C)c(N)c1SCC(C)C. The van der Waals surface area contributed by atoms with Crippen LogP contribution in [0.3, 0.4) is 0 Å². The number of anilines is 1. The molecule has 15 heavy (non-hydrogen) atoms. The first kappa shape index (κ1) is 12.4. The molecule has 0 radical (unpaired) electrons. The Balaban J connectivity index is 2.82.